The molecule has 5 nitrogen and oxygen atoms in total. The number of hydrogen-bond acceptors (Lipinski definition) is 3. The van der Waals surface area contributed by atoms with E-state index in [1.807, 2.05) is 54.1 Å². The number of carbonyl (C=O) groups excluding carboxylic acids is 2. The van der Waals surface area contributed by atoms with E-state index in [1.165, 1.54) is 11.1 Å². The first-order valence-electron chi connectivity index (χ1n) is 10.00. The lowest BCUT2D eigenvalue weighted by Crippen LogP contribution is -2.44. The first-order chi connectivity index (χ1) is 13.5. The highest BCUT2D eigenvalue weighted by Gasteiger charge is 2.28. The van der Waals surface area contributed by atoms with Crippen LogP contribution in [0.3, 0.4) is 0 Å². The van der Waals surface area contributed by atoms with Crippen LogP contribution in [0.4, 0.5) is 0 Å². The van der Waals surface area contributed by atoms with Crippen LogP contribution in [0.2, 0.25) is 0 Å². The lowest BCUT2D eigenvalue weighted by molar-refractivity contribution is -0.139. The summed E-state index contributed by atoms with van der Waals surface area (Å²) < 4.78 is 0. The first kappa shape index (κ1) is 20.1. The van der Waals surface area contributed by atoms with E-state index in [1.54, 1.807) is 12.4 Å². The molecule has 0 saturated carbocycles. The van der Waals surface area contributed by atoms with E-state index in [0.29, 0.717) is 26.1 Å². The number of piperidine rings is 1. The van der Waals surface area contributed by atoms with Crippen molar-refractivity contribution in [2.24, 2.45) is 5.92 Å². The van der Waals surface area contributed by atoms with Crippen LogP contribution in [-0.2, 0) is 22.4 Å². The Bertz CT molecular complexity index is 799. The quantitative estimate of drug-likeness (QED) is 0.776. The summed E-state index contributed by atoms with van der Waals surface area (Å²) in [4.78, 5) is 33.1. The van der Waals surface area contributed by atoms with Crippen molar-refractivity contribution >= 4 is 11.8 Å². The minimum absolute atomic E-state index is 0.0189. The number of nitrogens with zero attached hydrogens (tertiary/aromatic N) is 3. The summed E-state index contributed by atoms with van der Waals surface area (Å²) in [6.07, 6.45) is 6.32. The van der Waals surface area contributed by atoms with E-state index < -0.39 is 0 Å². The molecule has 0 radical (unpaired) electrons. The number of benzene rings is 1. The van der Waals surface area contributed by atoms with Gasteiger partial charge in [0.25, 0.3) is 0 Å². The second-order valence-corrected chi connectivity index (χ2v) is 7.69. The molecule has 1 aromatic carbocycles. The van der Waals surface area contributed by atoms with Crippen molar-refractivity contribution in [3.8, 4) is 0 Å². The third-order valence-corrected chi connectivity index (χ3v) is 5.50. The fourth-order valence-electron chi connectivity index (χ4n) is 3.75. The first-order valence-corrected chi connectivity index (χ1v) is 10.00. The molecule has 2 heterocycles. The maximum Gasteiger partial charge on any atom is 0.226 e. The largest absolute Gasteiger partial charge is 0.345 e. The number of rotatable bonds is 6. The number of pyridine rings is 1. The molecule has 0 spiro atoms. The Balaban J connectivity index is 1.44. The molecule has 2 aromatic rings. The van der Waals surface area contributed by atoms with Crippen LogP contribution < -0.4 is 0 Å². The van der Waals surface area contributed by atoms with E-state index in [0.717, 1.165) is 24.8 Å². The Morgan fingerprint density at radius 2 is 1.82 bits per heavy atom. The van der Waals surface area contributed by atoms with Gasteiger partial charge in [0.2, 0.25) is 11.8 Å². The second-order valence-electron chi connectivity index (χ2n) is 7.69. The molecule has 1 saturated heterocycles. The molecule has 0 bridgehead atoms. The molecule has 3 rings (SSSR count). The third-order valence-electron chi connectivity index (χ3n) is 5.50. The van der Waals surface area contributed by atoms with Crippen LogP contribution in [0.5, 0.6) is 0 Å². The number of likely N-dealkylation sites (tertiary alicyclic amines) is 1. The van der Waals surface area contributed by atoms with Crippen molar-refractivity contribution in [3.05, 3.63) is 65.5 Å². The number of carbonyl (C=O) groups is 2. The number of likely N-dealkylation sites (N-methyl/N-ethyl adjacent to an activating group) is 1. The normalized spacial score (nSPS) is 14.7. The van der Waals surface area contributed by atoms with Gasteiger partial charge in [-0.3, -0.25) is 14.6 Å². The van der Waals surface area contributed by atoms with Gasteiger partial charge in [-0.15, -0.1) is 0 Å². The van der Waals surface area contributed by atoms with Crippen molar-refractivity contribution in [1.82, 2.24) is 14.8 Å². The topological polar surface area (TPSA) is 53.5 Å². The highest BCUT2D eigenvalue weighted by atomic mass is 16.2. The van der Waals surface area contributed by atoms with Gasteiger partial charge in [0.1, 0.15) is 0 Å². The summed E-state index contributed by atoms with van der Waals surface area (Å²) in [6, 6.07) is 12.1. The van der Waals surface area contributed by atoms with Gasteiger partial charge in [-0.05, 0) is 49.4 Å². The molecule has 0 unspecified atom stereocenters. The smallest absolute Gasteiger partial charge is 0.226 e. The Labute approximate surface area is 167 Å². The fourth-order valence-corrected chi connectivity index (χ4v) is 3.75. The molecular weight excluding hydrogens is 350 g/mol. The minimum atomic E-state index is 0.0189. The molecule has 1 aliphatic heterocycles. The van der Waals surface area contributed by atoms with Crippen LogP contribution in [-0.4, -0.2) is 53.3 Å². The predicted octanol–water partition coefficient (Wildman–Crippen LogP) is 2.87. The zero-order chi connectivity index (χ0) is 19.9. The lowest BCUT2D eigenvalue weighted by atomic mass is 9.94. The zero-order valence-corrected chi connectivity index (χ0v) is 16.8. The Kier molecular flexibility index (Phi) is 6.80. The van der Waals surface area contributed by atoms with E-state index in [2.05, 4.69) is 11.1 Å². The summed E-state index contributed by atoms with van der Waals surface area (Å²) in [5.74, 6) is 0.368. The second kappa shape index (κ2) is 9.49. The van der Waals surface area contributed by atoms with E-state index in [9.17, 15) is 9.59 Å². The summed E-state index contributed by atoms with van der Waals surface area (Å²) in [5.41, 5.74) is 3.41. The summed E-state index contributed by atoms with van der Waals surface area (Å²) in [5, 5.41) is 0. The molecule has 2 amide bonds. The summed E-state index contributed by atoms with van der Waals surface area (Å²) >= 11 is 0. The van der Waals surface area contributed by atoms with Crippen LogP contribution in [0.1, 0.15) is 29.5 Å². The Morgan fingerprint density at radius 3 is 2.50 bits per heavy atom. The van der Waals surface area contributed by atoms with Gasteiger partial charge in [-0.1, -0.05) is 29.8 Å². The fraction of sp³-hybridized carbons (Fsp3) is 0.435. The van der Waals surface area contributed by atoms with E-state index in [4.69, 9.17) is 0 Å². The van der Waals surface area contributed by atoms with Gasteiger partial charge < -0.3 is 9.80 Å². The minimum Gasteiger partial charge on any atom is -0.345 e. The molecular formula is C23H29N3O2. The van der Waals surface area contributed by atoms with E-state index in [-0.39, 0.29) is 17.7 Å². The summed E-state index contributed by atoms with van der Waals surface area (Å²) in [6.45, 7) is 4.07. The Hall–Kier alpha value is -2.69. The monoisotopic (exact) mass is 379 g/mol. The molecule has 28 heavy (non-hydrogen) atoms. The van der Waals surface area contributed by atoms with Crippen molar-refractivity contribution < 1.29 is 9.59 Å². The molecule has 0 aliphatic carbocycles. The zero-order valence-electron chi connectivity index (χ0n) is 16.8. The summed E-state index contributed by atoms with van der Waals surface area (Å²) in [7, 11) is 1.87. The number of aryl methyl sites for hydroxylation is 1. The number of aromatic nitrogens is 1. The highest BCUT2D eigenvalue weighted by molar-refractivity contribution is 5.81. The van der Waals surface area contributed by atoms with Gasteiger partial charge in [0, 0.05) is 45.0 Å². The van der Waals surface area contributed by atoms with Crippen LogP contribution in [0, 0.1) is 12.8 Å². The molecule has 5 heteroatoms. The van der Waals surface area contributed by atoms with Crippen LogP contribution >= 0.6 is 0 Å². The van der Waals surface area contributed by atoms with Gasteiger partial charge in [-0.2, -0.15) is 0 Å². The molecule has 0 atom stereocenters. The van der Waals surface area contributed by atoms with Crippen molar-refractivity contribution in [2.75, 3.05) is 26.7 Å². The average molecular weight is 380 g/mol. The maximum atomic E-state index is 12.7. The Morgan fingerprint density at radius 1 is 1.11 bits per heavy atom. The molecule has 1 aliphatic rings. The van der Waals surface area contributed by atoms with Crippen molar-refractivity contribution in [2.45, 2.75) is 32.6 Å². The van der Waals surface area contributed by atoms with Gasteiger partial charge >= 0.3 is 0 Å². The molecule has 0 N–H and O–H groups in total. The van der Waals surface area contributed by atoms with Crippen LogP contribution in [0.15, 0.2) is 48.8 Å². The molecule has 148 valence electrons. The lowest BCUT2D eigenvalue weighted by Gasteiger charge is -2.33. The maximum absolute atomic E-state index is 12.7. The highest BCUT2D eigenvalue weighted by Crippen LogP contribution is 2.20. The SMILES string of the molecule is Cc1cccc(CC(=O)N2CCC(C(=O)N(C)CCc3ccncc3)CC2)c1. The number of hydrogen-bond donors (Lipinski definition) is 0. The van der Waals surface area contributed by atoms with E-state index >= 15 is 0 Å². The molecule has 1 aromatic heterocycles. The standard InChI is InChI=1S/C23H29N3O2/c1-18-4-3-5-20(16-18)17-22(27)26-14-9-21(10-15-26)23(28)25(2)13-8-19-6-11-24-12-7-19/h3-7,11-12,16,21H,8-10,13-15,17H2,1-2H3. The van der Waals surface area contributed by atoms with Crippen molar-refractivity contribution in [3.63, 3.8) is 0 Å². The molecule has 1 fully saturated rings. The number of amides is 2. The van der Waals surface area contributed by atoms with Gasteiger partial charge in [0.05, 0.1) is 6.42 Å². The average Bonchev–Trinajstić information content (AvgIpc) is 2.72. The van der Waals surface area contributed by atoms with Crippen molar-refractivity contribution in [1.29, 1.82) is 0 Å². The predicted molar refractivity (Wildman–Crippen MR) is 110 cm³/mol. The third kappa shape index (κ3) is 5.41. The van der Waals surface area contributed by atoms with Gasteiger partial charge in [0.15, 0.2) is 0 Å². The van der Waals surface area contributed by atoms with Gasteiger partial charge in [-0.25, -0.2) is 0 Å². The van der Waals surface area contributed by atoms with Crippen LogP contribution in [0.25, 0.3) is 0 Å².